The van der Waals surface area contributed by atoms with Gasteiger partial charge in [0.2, 0.25) is 5.70 Å². The van der Waals surface area contributed by atoms with Gasteiger partial charge in [-0.1, -0.05) is 53.9 Å². The van der Waals surface area contributed by atoms with Gasteiger partial charge in [-0.2, -0.15) is 0 Å². The molecule has 5 heteroatoms. The van der Waals surface area contributed by atoms with E-state index in [1.165, 1.54) is 51.9 Å². The molecule has 8 atom stereocenters. The molecular formula is C29H47NO4. The number of carbonyl (C=O) groups is 1. The molecule has 0 aromatic carbocycles. The zero-order chi connectivity index (χ0) is 24.8. The van der Waals surface area contributed by atoms with Gasteiger partial charge in [0.25, 0.3) is 0 Å². The van der Waals surface area contributed by atoms with Crippen LogP contribution in [0.1, 0.15) is 112 Å². The van der Waals surface area contributed by atoms with Crippen LogP contribution < -0.4 is 0 Å². The number of ether oxygens (including phenoxy) is 1. The van der Waals surface area contributed by atoms with Crippen LogP contribution in [0.4, 0.5) is 0 Å². The predicted octanol–water partition coefficient (Wildman–Crippen LogP) is 7.56. The fourth-order valence-electron chi connectivity index (χ4n) is 9.29. The maximum absolute atomic E-state index is 12.3. The highest BCUT2D eigenvalue weighted by atomic mass is 16.6. The number of nitro groups is 1. The average molecular weight is 474 g/mol. The second-order valence-electron chi connectivity index (χ2n) is 13.2. The highest BCUT2D eigenvalue weighted by Crippen LogP contribution is 2.68. The van der Waals surface area contributed by atoms with E-state index in [-0.39, 0.29) is 22.4 Å². The van der Waals surface area contributed by atoms with E-state index in [0.717, 1.165) is 36.2 Å². The van der Waals surface area contributed by atoms with Crippen molar-refractivity contribution in [1.29, 1.82) is 0 Å². The molecule has 3 saturated carbocycles. The molecule has 0 aliphatic heterocycles. The third kappa shape index (κ3) is 4.46. The van der Waals surface area contributed by atoms with E-state index in [4.69, 9.17) is 4.74 Å². The highest BCUT2D eigenvalue weighted by molar-refractivity contribution is 5.66. The third-order valence-corrected chi connectivity index (χ3v) is 10.9. The standard InChI is InChI=1S/C29H47NO4/c1-18(2)8-7-9-19(3)23-10-11-24-22-17-27(30(32)33)26-16-21(34-20(4)31)12-14-29(26,6)25(22)13-15-28(23,24)5/h18-19,21-25H,7-17H2,1-6H3/t19-,21-,22+,23-,24+,25+,28+,29+/m0/s1. The summed E-state index contributed by atoms with van der Waals surface area (Å²) in [5, 5.41) is 12.3. The Kier molecular flexibility index (Phi) is 7.24. The van der Waals surface area contributed by atoms with Crippen molar-refractivity contribution in [2.75, 3.05) is 0 Å². The molecule has 3 fully saturated rings. The van der Waals surface area contributed by atoms with Gasteiger partial charge in [-0.3, -0.25) is 14.9 Å². The summed E-state index contributed by atoms with van der Waals surface area (Å²) in [5.74, 6) is 3.53. The summed E-state index contributed by atoms with van der Waals surface area (Å²) in [5.41, 5.74) is 1.66. The van der Waals surface area contributed by atoms with Gasteiger partial charge in [-0.15, -0.1) is 0 Å². The number of allylic oxidation sites excluding steroid dienone is 1. The monoisotopic (exact) mass is 473 g/mol. The lowest BCUT2D eigenvalue weighted by atomic mass is 9.46. The topological polar surface area (TPSA) is 69.4 Å². The van der Waals surface area contributed by atoms with Gasteiger partial charge in [-0.05, 0) is 84.9 Å². The number of rotatable bonds is 7. The lowest BCUT2D eigenvalue weighted by Crippen LogP contribution is -2.52. The second-order valence-corrected chi connectivity index (χ2v) is 13.2. The smallest absolute Gasteiger partial charge is 0.302 e. The second kappa shape index (κ2) is 9.58. The molecule has 34 heavy (non-hydrogen) atoms. The minimum Gasteiger partial charge on any atom is -0.462 e. The van der Waals surface area contributed by atoms with Gasteiger partial charge >= 0.3 is 5.97 Å². The molecule has 0 saturated heterocycles. The van der Waals surface area contributed by atoms with E-state index in [9.17, 15) is 14.9 Å². The number of hydrogen-bond donors (Lipinski definition) is 0. The summed E-state index contributed by atoms with van der Waals surface area (Å²) in [6.07, 6.45) is 11.6. The van der Waals surface area contributed by atoms with Gasteiger partial charge in [0.05, 0.1) is 4.92 Å². The van der Waals surface area contributed by atoms with Crippen molar-refractivity contribution in [3.05, 3.63) is 21.4 Å². The third-order valence-electron chi connectivity index (χ3n) is 10.9. The molecule has 4 aliphatic carbocycles. The lowest BCUT2D eigenvalue weighted by molar-refractivity contribution is -0.434. The zero-order valence-electron chi connectivity index (χ0n) is 22.4. The summed E-state index contributed by atoms with van der Waals surface area (Å²) in [6.45, 7) is 13.4. The van der Waals surface area contributed by atoms with Crippen molar-refractivity contribution in [2.24, 2.45) is 46.3 Å². The Morgan fingerprint density at radius 2 is 1.79 bits per heavy atom. The molecular weight excluding hydrogens is 426 g/mol. The molecule has 4 aliphatic rings. The molecule has 0 N–H and O–H groups in total. The van der Waals surface area contributed by atoms with Crippen LogP contribution >= 0.6 is 0 Å². The number of fused-ring (bicyclic) bond motifs is 5. The number of hydrogen-bond acceptors (Lipinski definition) is 4. The van der Waals surface area contributed by atoms with Crippen LogP contribution in [-0.2, 0) is 9.53 Å². The van der Waals surface area contributed by atoms with E-state index in [1.54, 1.807) is 0 Å². The molecule has 0 amide bonds. The van der Waals surface area contributed by atoms with Crippen LogP contribution in [0.2, 0.25) is 0 Å². The van der Waals surface area contributed by atoms with E-state index < -0.39 is 0 Å². The molecule has 5 nitrogen and oxygen atoms in total. The lowest BCUT2D eigenvalue weighted by Gasteiger charge is -2.58. The summed E-state index contributed by atoms with van der Waals surface area (Å²) in [6, 6.07) is 0. The Hall–Kier alpha value is -1.39. The van der Waals surface area contributed by atoms with E-state index in [0.29, 0.717) is 41.7 Å². The van der Waals surface area contributed by atoms with E-state index in [2.05, 4.69) is 34.6 Å². The summed E-state index contributed by atoms with van der Waals surface area (Å²) in [7, 11) is 0. The summed E-state index contributed by atoms with van der Waals surface area (Å²) >= 11 is 0. The number of carbonyl (C=O) groups excluding carboxylic acids is 1. The largest absolute Gasteiger partial charge is 0.462 e. The first-order valence-electron chi connectivity index (χ1n) is 14.0. The van der Waals surface area contributed by atoms with Gasteiger partial charge < -0.3 is 4.74 Å². The molecule has 0 heterocycles. The van der Waals surface area contributed by atoms with Crippen molar-refractivity contribution >= 4 is 5.97 Å². The maximum atomic E-state index is 12.3. The zero-order valence-corrected chi connectivity index (χ0v) is 22.4. The van der Waals surface area contributed by atoms with Crippen LogP contribution in [0.5, 0.6) is 0 Å². The van der Waals surface area contributed by atoms with Crippen LogP contribution in [0, 0.1) is 56.5 Å². The molecule has 0 aromatic rings. The van der Waals surface area contributed by atoms with Gasteiger partial charge in [-0.25, -0.2) is 0 Å². The van der Waals surface area contributed by atoms with Gasteiger partial charge in [0.1, 0.15) is 6.10 Å². The Morgan fingerprint density at radius 3 is 2.44 bits per heavy atom. The summed E-state index contributed by atoms with van der Waals surface area (Å²) in [4.78, 5) is 23.8. The first-order chi connectivity index (χ1) is 16.0. The maximum Gasteiger partial charge on any atom is 0.302 e. The molecule has 0 radical (unpaired) electrons. The Morgan fingerprint density at radius 1 is 1.06 bits per heavy atom. The predicted molar refractivity (Wildman–Crippen MR) is 135 cm³/mol. The SMILES string of the molecule is CC(=O)O[C@H]1CC[C@@]2(C)C(=C([N+](=O)[O-])C[C@@H]3[C@H]4CC[C@@H]([C@@H](C)CCCC(C)C)[C@@]4(C)CC[C@H]32)C1. The van der Waals surface area contributed by atoms with E-state index in [1.807, 2.05) is 0 Å². The van der Waals surface area contributed by atoms with Crippen LogP contribution in [-0.4, -0.2) is 17.0 Å². The molecule has 4 rings (SSSR count). The highest BCUT2D eigenvalue weighted by Gasteiger charge is 2.61. The average Bonchev–Trinajstić information content (AvgIpc) is 3.10. The quantitative estimate of drug-likeness (QED) is 0.217. The molecule has 192 valence electrons. The van der Waals surface area contributed by atoms with Crippen molar-refractivity contribution in [3.8, 4) is 0 Å². The molecule has 0 unspecified atom stereocenters. The fraction of sp³-hybridized carbons (Fsp3) is 0.897. The first-order valence-corrected chi connectivity index (χ1v) is 14.0. The molecule has 0 aromatic heterocycles. The minimum absolute atomic E-state index is 0.0904. The van der Waals surface area contributed by atoms with Crippen molar-refractivity contribution in [3.63, 3.8) is 0 Å². The molecule has 0 bridgehead atoms. The van der Waals surface area contributed by atoms with E-state index >= 15 is 0 Å². The fourth-order valence-corrected chi connectivity index (χ4v) is 9.29. The van der Waals surface area contributed by atoms with Crippen molar-refractivity contribution < 1.29 is 14.5 Å². The van der Waals surface area contributed by atoms with Crippen LogP contribution in [0.15, 0.2) is 11.3 Å². The first kappa shape index (κ1) is 25.7. The normalized spacial score (nSPS) is 40.4. The number of esters is 1. The van der Waals surface area contributed by atoms with Crippen LogP contribution in [0.3, 0.4) is 0 Å². The minimum atomic E-state index is -0.279. The Balaban J connectivity index is 1.58. The van der Waals surface area contributed by atoms with Crippen LogP contribution in [0.25, 0.3) is 0 Å². The van der Waals surface area contributed by atoms with Crippen molar-refractivity contribution in [1.82, 2.24) is 0 Å². The van der Waals surface area contributed by atoms with Gasteiger partial charge in [0.15, 0.2) is 0 Å². The van der Waals surface area contributed by atoms with Gasteiger partial charge in [0, 0.05) is 25.3 Å². The number of nitrogens with zero attached hydrogens (tertiary/aromatic N) is 1. The Bertz CT molecular complexity index is 834. The van der Waals surface area contributed by atoms with Crippen molar-refractivity contribution in [2.45, 2.75) is 118 Å². The summed E-state index contributed by atoms with van der Waals surface area (Å²) < 4.78 is 5.53. The molecule has 0 spiro atoms. The Labute approximate surface area is 206 Å².